The Balaban J connectivity index is 1.59. The van der Waals surface area contributed by atoms with Crippen LogP contribution < -0.4 is 0 Å². The third kappa shape index (κ3) is 4.41. The van der Waals surface area contributed by atoms with E-state index < -0.39 is 0 Å². The molecule has 0 fully saturated rings. The lowest BCUT2D eigenvalue weighted by Crippen LogP contribution is -2.40. The Kier molecular flexibility index (Phi) is 6.37. The van der Waals surface area contributed by atoms with Crippen molar-refractivity contribution < 1.29 is 5.11 Å². The zero-order valence-corrected chi connectivity index (χ0v) is 16.7. The van der Waals surface area contributed by atoms with Gasteiger partial charge in [-0.25, -0.2) is 0 Å². The second kappa shape index (κ2) is 8.50. The summed E-state index contributed by atoms with van der Waals surface area (Å²) in [5.74, 6) is 0.483. The fourth-order valence-corrected chi connectivity index (χ4v) is 5.28. The Bertz CT molecular complexity index is 669. The van der Waals surface area contributed by atoms with Gasteiger partial charge >= 0.3 is 0 Å². The van der Waals surface area contributed by atoms with Gasteiger partial charge in [0.1, 0.15) is 5.75 Å². The van der Waals surface area contributed by atoms with E-state index in [2.05, 4.69) is 45.3 Å². The standard InChI is InChI=1S/C20H26BrNOS/c1-2-10-22(11-4-6-18-13-16(21)14-24-18)17-8-9-19-15(12-17)5-3-7-20(19)23/h3,5,7,13-14,17,23H,2,4,6,8-12H2,1H3. The molecule has 0 aliphatic heterocycles. The lowest BCUT2D eigenvalue weighted by atomic mass is 9.86. The van der Waals surface area contributed by atoms with Crippen LogP contribution in [0.2, 0.25) is 0 Å². The molecule has 4 heteroatoms. The van der Waals surface area contributed by atoms with E-state index in [4.69, 9.17) is 0 Å². The van der Waals surface area contributed by atoms with E-state index in [0.717, 1.165) is 19.3 Å². The highest BCUT2D eigenvalue weighted by Gasteiger charge is 2.25. The van der Waals surface area contributed by atoms with Crippen molar-refractivity contribution in [2.75, 3.05) is 13.1 Å². The van der Waals surface area contributed by atoms with Gasteiger partial charge in [-0.2, -0.15) is 0 Å². The lowest BCUT2D eigenvalue weighted by molar-refractivity contribution is 0.177. The molecule has 1 aliphatic rings. The molecule has 130 valence electrons. The van der Waals surface area contributed by atoms with Gasteiger partial charge in [-0.1, -0.05) is 19.1 Å². The van der Waals surface area contributed by atoms with Crippen molar-refractivity contribution in [3.63, 3.8) is 0 Å². The van der Waals surface area contributed by atoms with Gasteiger partial charge in [-0.15, -0.1) is 11.3 Å². The van der Waals surface area contributed by atoms with E-state index >= 15 is 0 Å². The Labute approximate surface area is 157 Å². The molecule has 3 rings (SSSR count). The molecular weight excluding hydrogens is 382 g/mol. The Morgan fingerprint density at radius 3 is 2.96 bits per heavy atom. The van der Waals surface area contributed by atoms with Crippen LogP contribution in [-0.2, 0) is 19.3 Å². The molecule has 0 saturated carbocycles. The molecular formula is C20H26BrNOS. The van der Waals surface area contributed by atoms with Crippen molar-refractivity contribution in [1.29, 1.82) is 0 Å². The summed E-state index contributed by atoms with van der Waals surface area (Å²) in [6.07, 6.45) is 6.83. The number of hydrogen-bond donors (Lipinski definition) is 1. The molecule has 1 atom stereocenters. The van der Waals surface area contributed by atoms with Gasteiger partial charge in [-0.3, -0.25) is 0 Å². The molecule has 24 heavy (non-hydrogen) atoms. The molecule has 1 unspecified atom stereocenters. The molecule has 0 radical (unpaired) electrons. The van der Waals surface area contributed by atoms with Crippen molar-refractivity contribution in [3.8, 4) is 5.75 Å². The fourth-order valence-electron chi connectivity index (χ4n) is 3.78. The molecule has 1 aromatic heterocycles. The predicted molar refractivity (Wildman–Crippen MR) is 106 cm³/mol. The number of thiophene rings is 1. The molecule has 2 nitrogen and oxygen atoms in total. The number of nitrogens with zero attached hydrogens (tertiary/aromatic N) is 1. The van der Waals surface area contributed by atoms with E-state index in [1.807, 2.05) is 23.5 Å². The predicted octanol–water partition coefficient (Wildman–Crippen LogP) is 5.42. The van der Waals surface area contributed by atoms with Crippen molar-refractivity contribution in [1.82, 2.24) is 4.90 Å². The van der Waals surface area contributed by atoms with Crippen LogP contribution >= 0.6 is 27.3 Å². The number of benzene rings is 1. The van der Waals surface area contributed by atoms with E-state index in [0.29, 0.717) is 11.8 Å². The smallest absolute Gasteiger partial charge is 0.119 e. The van der Waals surface area contributed by atoms with Gasteiger partial charge in [-0.05, 0) is 90.8 Å². The first-order valence-corrected chi connectivity index (χ1v) is 10.6. The average Bonchev–Trinajstić information content (AvgIpc) is 2.99. The summed E-state index contributed by atoms with van der Waals surface area (Å²) in [6, 6.07) is 8.86. The first-order valence-electron chi connectivity index (χ1n) is 8.94. The van der Waals surface area contributed by atoms with Crippen molar-refractivity contribution in [2.24, 2.45) is 0 Å². The highest BCUT2D eigenvalue weighted by atomic mass is 79.9. The summed E-state index contributed by atoms with van der Waals surface area (Å²) in [6.45, 7) is 4.61. The SMILES string of the molecule is CCCN(CCCc1cc(Br)cs1)C1CCc2c(O)cccc2C1. The summed E-state index contributed by atoms with van der Waals surface area (Å²) in [5.41, 5.74) is 2.52. The maximum absolute atomic E-state index is 10.0. The minimum absolute atomic E-state index is 0.483. The summed E-state index contributed by atoms with van der Waals surface area (Å²) >= 11 is 5.39. The van der Waals surface area contributed by atoms with Gasteiger partial charge in [0.2, 0.25) is 0 Å². The summed E-state index contributed by atoms with van der Waals surface area (Å²) < 4.78 is 1.21. The summed E-state index contributed by atoms with van der Waals surface area (Å²) in [5, 5.41) is 12.2. The fraction of sp³-hybridized carbons (Fsp3) is 0.500. The largest absolute Gasteiger partial charge is 0.508 e. The number of halogens is 1. The van der Waals surface area contributed by atoms with Crippen molar-refractivity contribution in [3.05, 3.63) is 50.1 Å². The molecule has 1 aliphatic carbocycles. The van der Waals surface area contributed by atoms with Gasteiger partial charge in [0.25, 0.3) is 0 Å². The number of fused-ring (bicyclic) bond motifs is 1. The third-order valence-corrected chi connectivity index (χ3v) is 6.71. The van der Waals surface area contributed by atoms with Crippen molar-refractivity contribution in [2.45, 2.75) is 51.5 Å². The minimum atomic E-state index is 0.483. The quantitative estimate of drug-likeness (QED) is 0.662. The number of aromatic hydroxyl groups is 1. The maximum Gasteiger partial charge on any atom is 0.119 e. The van der Waals surface area contributed by atoms with E-state index in [1.165, 1.54) is 52.8 Å². The van der Waals surface area contributed by atoms with Crippen LogP contribution in [0.4, 0.5) is 0 Å². The monoisotopic (exact) mass is 407 g/mol. The van der Waals surface area contributed by atoms with Crippen LogP contribution in [0.1, 0.15) is 42.2 Å². The normalized spacial score (nSPS) is 17.2. The van der Waals surface area contributed by atoms with Crippen LogP contribution in [0.25, 0.3) is 0 Å². The van der Waals surface area contributed by atoms with E-state index in [1.54, 1.807) is 0 Å². The second-order valence-corrected chi connectivity index (χ2v) is 8.59. The topological polar surface area (TPSA) is 23.5 Å². The number of phenols is 1. The molecule has 0 saturated heterocycles. The Morgan fingerprint density at radius 1 is 1.33 bits per heavy atom. The Hall–Kier alpha value is -0.840. The third-order valence-electron chi connectivity index (χ3n) is 4.95. The van der Waals surface area contributed by atoms with E-state index in [9.17, 15) is 5.11 Å². The summed E-state index contributed by atoms with van der Waals surface area (Å²) in [4.78, 5) is 4.15. The van der Waals surface area contributed by atoms with Gasteiger partial charge in [0.15, 0.2) is 0 Å². The Morgan fingerprint density at radius 2 is 2.21 bits per heavy atom. The lowest BCUT2D eigenvalue weighted by Gasteiger charge is -2.35. The highest BCUT2D eigenvalue weighted by molar-refractivity contribution is 9.10. The van der Waals surface area contributed by atoms with Crippen LogP contribution in [0.15, 0.2) is 34.1 Å². The van der Waals surface area contributed by atoms with E-state index in [-0.39, 0.29) is 0 Å². The van der Waals surface area contributed by atoms with Gasteiger partial charge in [0.05, 0.1) is 0 Å². The zero-order valence-electron chi connectivity index (χ0n) is 14.3. The molecule has 1 aromatic carbocycles. The number of rotatable bonds is 7. The van der Waals surface area contributed by atoms with Gasteiger partial charge in [0, 0.05) is 20.8 Å². The van der Waals surface area contributed by atoms with Gasteiger partial charge < -0.3 is 10.0 Å². The maximum atomic E-state index is 10.0. The first-order chi connectivity index (χ1) is 11.7. The number of phenolic OH excluding ortho intramolecular Hbond substituents is 1. The summed E-state index contributed by atoms with van der Waals surface area (Å²) in [7, 11) is 0. The molecule has 1 heterocycles. The molecule has 1 N–H and O–H groups in total. The molecule has 0 spiro atoms. The van der Waals surface area contributed by atoms with Crippen LogP contribution in [0.5, 0.6) is 5.75 Å². The number of hydrogen-bond acceptors (Lipinski definition) is 3. The van der Waals surface area contributed by atoms with Crippen LogP contribution in [0.3, 0.4) is 0 Å². The van der Waals surface area contributed by atoms with Crippen LogP contribution in [-0.4, -0.2) is 29.1 Å². The first kappa shape index (κ1) is 18.0. The molecule has 0 amide bonds. The highest BCUT2D eigenvalue weighted by Crippen LogP contribution is 2.31. The second-order valence-electron chi connectivity index (χ2n) is 6.68. The van der Waals surface area contributed by atoms with Crippen LogP contribution in [0, 0.1) is 0 Å². The minimum Gasteiger partial charge on any atom is -0.508 e. The molecule has 2 aromatic rings. The average molecular weight is 408 g/mol. The zero-order chi connectivity index (χ0) is 16.9. The number of aryl methyl sites for hydroxylation is 1. The molecule has 0 bridgehead atoms. The van der Waals surface area contributed by atoms with Crippen molar-refractivity contribution >= 4 is 27.3 Å².